The molecule has 0 aromatic heterocycles. The molecule has 1 N–H and O–H groups in total. The van der Waals surface area contributed by atoms with Crippen LogP contribution in [-0.4, -0.2) is 86.7 Å². The second-order valence-corrected chi connectivity index (χ2v) is 7.53. The summed E-state index contributed by atoms with van der Waals surface area (Å²) in [6.45, 7) is 9.15. The first-order chi connectivity index (χ1) is 11.3. The Morgan fingerprint density at radius 2 is 1.29 bits per heavy atom. The third-order valence-electron chi connectivity index (χ3n) is 5.03. The minimum Gasteiger partial charge on any atom is -0.481 e. The van der Waals surface area contributed by atoms with Crippen LogP contribution in [0.1, 0.15) is 52.4 Å². The zero-order chi connectivity index (χ0) is 18.6. The van der Waals surface area contributed by atoms with Crippen LogP contribution in [0.5, 0.6) is 0 Å². The van der Waals surface area contributed by atoms with E-state index in [0.29, 0.717) is 0 Å². The van der Waals surface area contributed by atoms with Gasteiger partial charge in [-0.05, 0) is 93.0 Å². The normalized spacial score (nSPS) is 14.5. The number of unbranched alkanes of at least 4 members (excludes halogenated alkanes) is 1. The highest BCUT2D eigenvalue weighted by Crippen LogP contribution is 2.35. The fourth-order valence-electron chi connectivity index (χ4n) is 3.23. The molecule has 5 nitrogen and oxygen atoms in total. The minimum atomic E-state index is -0.599. The van der Waals surface area contributed by atoms with Crippen molar-refractivity contribution < 1.29 is 9.90 Å². The lowest BCUT2D eigenvalue weighted by atomic mass is 9.75. The third-order valence-corrected chi connectivity index (χ3v) is 5.03. The molecule has 0 aliphatic rings. The van der Waals surface area contributed by atoms with Crippen molar-refractivity contribution in [1.29, 1.82) is 0 Å². The predicted octanol–water partition coefficient (Wildman–Crippen LogP) is 2.86. The van der Waals surface area contributed by atoms with Crippen molar-refractivity contribution in [2.24, 2.45) is 5.41 Å². The number of aliphatic carboxylic acids is 1. The van der Waals surface area contributed by atoms with Crippen molar-refractivity contribution in [2.45, 2.75) is 52.4 Å². The summed E-state index contributed by atoms with van der Waals surface area (Å²) < 4.78 is 0. The van der Waals surface area contributed by atoms with Crippen LogP contribution >= 0.6 is 0 Å². The maximum Gasteiger partial charge on any atom is 0.309 e. The van der Waals surface area contributed by atoms with Crippen molar-refractivity contribution in [3.63, 3.8) is 0 Å². The first-order valence-electron chi connectivity index (χ1n) is 9.52. The average molecular weight is 344 g/mol. The summed E-state index contributed by atoms with van der Waals surface area (Å²) in [5, 5.41) is 10.0. The summed E-state index contributed by atoms with van der Waals surface area (Å²) in [7, 11) is 8.24. The van der Waals surface area contributed by atoms with E-state index in [1.54, 1.807) is 0 Å². The van der Waals surface area contributed by atoms with Gasteiger partial charge in [0.05, 0.1) is 5.41 Å². The van der Waals surface area contributed by atoms with Crippen molar-refractivity contribution in [3.05, 3.63) is 0 Å². The van der Waals surface area contributed by atoms with Crippen molar-refractivity contribution in [3.8, 4) is 0 Å². The van der Waals surface area contributed by atoms with Gasteiger partial charge in [0.25, 0.3) is 0 Å². The average Bonchev–Trinajstić information content (AvgIpc) is 2.50. The van der Waals surface area contributed by atoms with E-state index in [1.165, 1.54) is 0 Å². The highest BCUT2D eigenvalue weighted by molar-refractivity contribution is 5.74. The van der Waals surface area contributed by atoms with E-state index in [4.69, 9.17) is 0 Å². The molecule has 24 heavy (non-hydrogen) atoms. The zero-order valence-corrected chi connectivity index (χ0v) is 17.0. The molecule has 0 saturated heterocycles. The SMILES string of the molecule is CCN(CC)CCC(CCCCN(C)C)(CCCN(C)C)C(=O)O. The Balaban J connectivity index is 4.84. The lowest BCUT2D eigenvalue weighted by molar-refractivity contribution is -0.151. The van der Waals surface area contributed by atoms with E-state index < -0.39 is 11.4 Å². The fraction of sp³-hybridized carbons (Fsp3) is 0.947. The molecular weight excluding hydrogens is 302 g/mol. The summed E-state index contributed by atoms with van der Waals surface area (Å²) >= 11 is 0. The van der Waals surface area contributed by atoms with E-state index in [-0.39, 0.29) is 0 Å². The van der Waals surface area contributed by atoms with Gasteiger partial charge in [-0.25, -0.2) is 0 Å². The first kappa shape index (κ1) is 23.4. The first-order valence-corrected chi connectivity index (χ1v) is 9.52. The summed E-state index contributed by atoms with van der Waals surface area (Å²) in [6.07, 6.45) is 5.35. The highest BCUT2D eigenvalue weighted by atomic mass is 16.4. The Hall–Kier alpha value is -0.650. The molecule has 0 aliphatic heterocycles. The summed E-state index contributed by atoms with van der Waals surface area (Å²) in [5.74, 6) is -0.599. The molecule has 0 aromatic carbocycles. The van der Waals surface area contributed by atoms with Gasteiger partial charge in [0.1, 0.15) is 0 Å². The van der Waals surface area contributed by atoms with Crippen LogP contribution in [0.4, 0.5) is 0 Å². The van der Waals surface area contributed by atoms with Gasteiger partial charge in [0.15, 0.2) is 0 Å². The summed E-state index contributed by atoms with van der Waals surface area (Å²) in [4.78, 5) is 18.8. The molecule has 0 bridgehead atoms. The Kier molecular flexibility index (Phi) is 12.3. The maximum atomic E-state index is 12.2. The van der Waals surface area contributed by atoms with Crippen LogP contribution in [0.25, 0.3) is 0 Å². The van der Waals surface area contributed by atoms with Crippen LogP contribution < -0.4 is 0 Å². The van der Waals surface area contributed by atoms with E-state index in [1.807, 2.05) is 0 Å². The van der Waals surface area contributed by atoms with Gasteiger partial charge in [-0.2, -0.15) is 0 Å². The molecule has 0 aliphatic carbocycles. The van der Waals surface area contributed by atoms with Crippen LogP contribution in [-0.2, 0) is 4.79 Å². The molecule has 144 valence electrons. The second kappa shape index (κ2) is 12.7. The molecule has 0 spiro atoms. The van der Waals surface area contributed by atoms with Crippen molar-refractivity contribution >= 4 is 5.97 Å². The predicted molar refractivity (Wildman–Crippen MR) is 103 cm³/mol. The Bertz CT molecular complexity index is 331. The number of hydrogen-bond acceptors (Lipinski definition) is 4. The smallest absolute Gasteiger partial charge is 0.309 e. The number of carboxylic acids is 1. The van der Waals surface area contributed by atoms with Gasteiger partial charge in [-0.15, -0.1) is 0 Å². The number of carbonyl (C=O) groups is 1. The van der Waals surface area contributed by atoms with Gasteiger partial charge in [0.2, 0.25) is 0 Å². The number of rotatable bonds is 15. The second-order valence-electron chi connectivity index (χ2n) is 7.53. The highest BCUT2D eigenvalue weighted by Gasteiger charge is 2.37. The quantitative estimate of drug-likeness (QED) is 0.463. The number of hydrogen-bond donors (Lipinski definition) is 1. The largest absolute Gasteiger partial charge is 0.481 e. The fourth-order valence-corrected chi connectivity index (χ4v) is 3.23. The monoisotopic (exact) mass is 343 g/mol. The van der Waals surface area contributed by atoms with E-state index >= 15 is 0 Å². The molecule has 0 amide bonds. The minimum absolute atomic E-state index is 0.565. The van der Waals surface area contributed by atoms with Crippen LogP contribution in [0.3, 0.4) is 0 Å². The molecule has 0 radical (unpaired) electrons. The van der Waals surface area contributed by atoms with Gasteiger partial charge in [-0.1, -0.05) is 20.3 Å². The summed E-state index contributed by atoms with van der Waals surface area (Å²) in [6, 6.07) is 0. The maximum absolute atomic E-state index is 12.2. The standard InChI is InChI=1S/C19H41N3O2/c1-7-22(8-2)17-14-19(18(23)24,13-11-16-21(5)6)12-9-10-15-20(3)4/h7-17H2,1-6H3,(H,23,24). The molecule has 0 fully saturated rings. The van der Waals surface area contributed by atoms with Gasteiger partial charge >= 0.3 is 5.97 Å². The molecule has 0 rings (SSSR count). The zero-order valence-electron chi connectivity index (χ0n) is 17.0. The molecular formula is C19H41N3O2. The van der Waals surface area contributed by atoms with Crippen molar-refractivity contribution in [2.75, 3.05) is 60.9 Å². The van der Waals surface area contributed by atoms with Crippen LogP contribution in [0, 0.1) is 5.41 Å². The Morgan fingerprint density at radius 1 is 0.792 bits per heavy atom. The Morgan fingerprint density at radius 3 is 1.75 bits per heavy atom. The molecule has 0 heterocycles. The molecule has 0 aromatic rings. The molecule has 1 unspecified atom stereocenters. The van der Waals surface area contributed by atoms with E-state index in [0.717, 1.165) is 71.2 Å². The van der Waals surface area contributed by atoms with Crippen LogP contribution in [0.15, 0.2) is 0 Å². The Labute approximate surface area is 150 Å². The lowest BCUT2D eigenvalue weighted by Crippen LogP contribution is -2.37. The topological polar surface area (TPSA) is 47.0 Å². The van der Waals surface area contributed by atoms with Crippen molar-refractivity contribution in [1.82, 2.24) is 14.7 Å². The lowest BCUT2D eigenvalue weighted by Gasteiger charge is -2.32. The van der Waals surface area contributed by atoms with Gasteiger partial charge in [0, 0.05) is 0 Å². The van der Waals surface area contributed by atoms with E-state index in [9.17, 15) is 9.90 Å². The van der Waals surface area contributed by atoms with Gasteiger partial charge < -0.3 is 19.8 Å². The number of carboxylic acid groups (broad SMARTS) is 1. The van der Waals surface area contributed by atoms with Gasteiger partial charge in [-0.3, -0.25) is 4.79 Å². The molecule has 1 atom stereocenters. The van der Waals surface area contributed by atoms with Crippen LogP contribution in [0.2, 0.25) is 0 Å². The number of nitrogens with zero attached hydrogens (tertiary/aromatic N) is 3. The summed E-state index contributed by atoms with van der Waals surface area (Å²) in [5.41, 5.74) is -0.565. The third kappa shape index (κ3) is 9.60. The molecule has 0 saturated carbocycles. The molecule has 5 heteroatoms. The van der Waals surface area contributed by atoms with E-state index in [2.05, 4.69) is 56.7 Å².